The quantitative estimate of drug-likeness (QED) is 0.686. The molecule has 82 valence electrons. The Morgan fingerprint density at radius 2 is 2.14 bits per heavy atom. The number of rotatable bonds is 5. The van der Waals surface area contributed by atoms with Crippen molar-refractivity contribution in [3.8, 4) is 0 Å². The lowest BCUT2D eigenvalue weighted by Crippen LogP contribution is -2.34. The summed E-state index contributed by atoms with van der Waals surface area (Å²) in [6.07, 6.45) is 4.97. The lowest BCUT2D eigenvalue weighted by Gasteiger charge is -2.26. The molecule has 0 saturated heterocycles. The molecule has 1 saturated carbocycles. The third kappa shape index (κ3) is 2.98. The zero-order valence-electron chi connectivity index (χ0n) is 9.21. The SMILES string of the molecule is CC(C)(CN)C(=O)OCCC1CCC1. The van der Waals surface area contributed by atoms with Crippen LogP contribution in [0.15, 0.2) is 0 Å². The minimum atomic E-state index is -0.528. The summed E-state index contributed by atoms with van der Waals surface area (Å²) < 4.78 is 5.19. The van der Waals surface area contributed by atoms with E-state index in [1.54, 1.807) is 0 Å². The third-order valence-corrected chi connectivity index (χ3v) is 3.05. The van der Waals surface area contributed by atoms with Crippen LogP contribution in [0.1, 0.15) is 39.5 Å². The molecular formula is C11H21NO2. The number of carbonyl (C=O) groups excluding carboxylic acids is 1. The zero-order chi connectivity index (χ0) is 10.6. The molecule has 1 aliphatic rings. The number of esters is 1. The number of ether oxygens (including phenoxy) is 1. The molecule has 0 amide bonds. The molecule has 0 radical (unpaired) electrons. The Bertz CT molecular complexity index is 197. The molecule has 1 fully saturated rings. The van der Waals surface area contributed by atoms with Gasteiger partial charge in [0.2, 0.25) is 0 Å². The average Bonchev–Trinajstić information content (AvgIpc) is 2.08. The summed E-state index contributed by atoms with van der Waals surface area (Å²) in [6, 6.07) is 0. The predicted molar refractivity (Wildman–Crippen MR) is 55.8 cm³/mol. The Morgan fingerprint density at radius 3 is 2.57 bits per heavy atom. The highest BCUT2D eigenvalue weighted by molar-refractivity contribution is 5.76. The maximum Gasteiger partial charge on any atom is 0.312 e. The van der Waals surface area contributed by atoms with Gasteiger partial charge in [0.25, 0.3) is 0 Å². The second kappa shape index (κ2) is 4.78. The summed E-state index contributed by atoms with van der Waals surface area (Å²) in [5.74, 6) is 0.628. The smallest absolute Gasteiger partial charge is 0.312 e. The van der Waals surface area contributed by atoms with Crippen molar-refractivity contribution < 1.29 is 9.53 Å². The van der Waals surface area contributed by atoms with Gasteiger partial charge in [-0.3, -0.25) is 4.79 Å². The molecule has 0 aromatic rings. The fourth-order valence-electron chi connectivity index (χ4n) is 1.38. The van der Waals surface area contributed by atoms with E-state index in [-0.39, 0.29) is 5.97 Å². The van der Waals surface area contributed by atoms with Gasteiger partial charge in [-0.2, -0.15) is 0 Å². The van der Waals surface area contributed by atoms with Crippen molar-refractivity contribution in [1.82, 2.24) is 0 Å². The molecule has 3 heteroatoms. The topological polar surface area (TPSA) is 52.3 Å². The molecular weight excluding hydrogens is 178 g/mol. The van der Waals surface area contributed by atoms with Crippen LogP contribution in [0.25, 0.3) is 0 Å². The van der Waals surface area contributed by atoms with Crippen molar-refractivity contribution in [3.05, 3.63) is 0 Å². The largest absolute Gasteiger partial charge is 0.465 e. The number of hydrogen-bond acceptors (Lipinski definition) is 3. The Labute approximate surface area is 86.0 Å². The van der Waals surface area contributed by atoms with E-state index >= 15 is 0 Å². The van der Waals surface area contributed by atoms with E-state index < -0.39 is 5.41 Å². The molecule has 14 heavy (non-hydrogen) atoms. The van der Waals surface area contributed by atoms with Gasteiger partial charge in [-0.25, -0.2) is 0 Å². The van der Waals surface area contributed by atoms with Gasteiger partial charge in [0.1, 0.15) is 0 Å². The fourth-order valence-corrected chi connectivity index (χ4v) is 1.38. The Hall–Kier alpha value is -0.570. The lowest BCUT2D eigenvalue weighted by atomic mass is 9.83. The highest BCUT2D eigenvalue weighted by Gasteiger charge is 2.27. The van der Waals surface area contributed by atoms with Crippen molar-refractivity contribution in [2.75, 3.05) is 13.2 Å². The summed E-state index contributed by atoms with van der Waals surface area (Å²) >= 11 is 0. The first-order chi connectivity index (χ1) is 6.56. The van der Waals surface area contributed by atoms with E-state index in [1.165, 1.54) is 19.3 Å². The molecule has 0 heterocycles. The molecule has 0 aromatic heterocycles. The van der Waals surface area contributed by atoms with Gasteiger partial charge in [-0.15, -0.1) is 0 Å². The molecule has 0 aromatic carbocycles. The van der Waals surface area contributed by atoms with Gasteiger partial charge in [0, 0.05) is 6.54 Å². The van der Waals surface area contributed by atoms with E-state index in [4.69, 9.17) is 10.5 Å². The number of nitrogens with two attached hydrogens (primary N) is 1. The van der Waals surface area contributed by atoms with Crippen LogP contribution in [-0.4, -0.2) is 19.1 Å². The van der Waals surface area contributed by atoms with Gasteiger partial charge in [0.15, 0.2) is 0 Å². The molecule has 0 atom stereocenters. The number of carbonyl (C=O) groups is 1. The maximum absolute atomic E-state index is 11.5. The van der Waals surface area contributed by atoms with Crippen LogP contribution in [0.5, 0.6) is 0 Å². The highest BCUT2D eigenvalue weighted by Crippen LogP contribution is 2.29. The van der Waals surface area contributed by atoms with E-state index in [9.17, 15) is 4.79 Å². The van der Waals surface area contributed by atoms with Crippen LogP contribution in [0, 0.1) is 11.3 Å². The normalized spacial score (nSPS) is 17.6. The average molecular weight is 199 g/mol. The second-order valence-corrected chi connectivity index (χ2v) is 4.81. The monoisotopic (exact) mass is 199 g/mol. The van der Waals surface area contributed by atoms with Crippen molar-refractivity contribution in [1.29, 1.82) is 0 Å². The van der Waals surface area contributed by atoms with E-state index in [0.29, 0.717) is 13.2 Å². The summed E-state index contributed by atoms with van der Waals surface area (Å²) in [7, 11) is 0. The van der Waals surface area contributed by atoms with Gasteiger partial charge in [0.05, 0.1) is 12.0 Å². The molecule has 1 aliphatic carbocycles. The fraction of sp³-hybridized carbons (Fsp3) is 0.909. The van der Waals surface area contributed by atoms with Gasteiger partial charge >= 0.3 is 5.97 Å². The van der Waals surface area contributed by atoms with Crippen molar-refractivity contribution in [3.63, 3.8) is 0 Å². The van der Waals surface area contributed by atoms with Crippen LogP contribution >= 0.6 is 0 Å². The van der Waals surface area contributed by atoms with E-state index in [2.05, 4.69) is 0 Å². The summed E-state index contributed by atoms with van der Waals surface area (Å²) in [4.78, 5) is 11.5. The molecule has 0 spiro atoms. The first kappa shape index (κ1) is 11.5. The van der Waals surface area contributed by atoms with E-state index in [1.807, 2.05) is 13.8 Å². The molecule has 0 bridgehead atoms. The third-order valence-electron chi connectivity index (χ3n) is 3.05. The summed E-state index contributed by atoms with van der Waals surface area (Å²) in [5, 5.41) is 0. The van der Waals surface area contributed by atoms with Crippen LogP contribution < -0.4 is 5.73 Å². The molecule has 3 nitrogen and oxygen atoms in total. The lowest BCUT2D eigenvalue weighted by molar-refractivity contribution is -0.153. The number of hydrogen-bond donors (Lipinski definition) is 1. The summed E-state index contributed by atoms with van der Waals surface area (Å²) in [6.45, 7) is 4.54. The summed E-state index contributed by atoms with van der Waals surface area (Å²) in [5.41, 5.74) is 4.95. The minimum Gasteiger partial charge on any atom is -0.465 e. The first-order valence-electron chi connectivity index (χ1n) is 5.43. The zero-order valence-corrected chi connectivity index (χ0v) is 9.21. The maximum atomic E-state index is 11.5. The van der Waals surface area contributed by atoms with Crippen molar-refractivity contribution in [2.24, 2.45) is 17.1 Å². The predicted octanol–water partition coefficient (Wildman–Crippen LogP) is 1.70. The molecule has 0 aliphatic heterocycles. The van der Waals surface area contributed by atoms with Crippen molar-refractivity contribution >= 4 is 5.97 Å². The Kier molecular flexibility index (Phi) is 3.93. The second-order valence-electron chi connectivity index (χ2n) is 4.81. The Morgan fingerprint density at radius 1 is 1.50 bits per heavy atom. The van der Waals surface area contributed by atoms with Crippen LogP contribution in [0.3, 0.4) is 0 Å². The molecule has 1 rings (SSSR count). The Balaban J connectivity index is 2.13. The molecule has 0 unspecified atom stereocenters. The van der Waals surface area contributed by atoms with Crippen LogP contribution in [0.4, 0.5) is 0 Å². The standard InChI is InChI=1S/C11H21NO2/c1-11(2,8-12)10(13)14-7-6-9-4-3-5-9/h9H,3-8,12H2,1-2H3. The van der Waals surface area contributed by atoms with Crippen LogP contribution in [0.2, 0.25) is 0 Å². The van der Waals surface area contributed by atoms with Gasteiger partial charge in [-0.1, -0.05) is 19.3 Å². The van der Waals surface area contributed by atoms with Gasteiger partial charge in [-0.05, 0) is 26.2 Å². The van der Waals surface area contributed by atoms with Gasteiger partial charge < -0.3 is 10.5 Å². The van der Waals surface area contributed by atoms with Crippen LogP contribution in [-0.2, 0) is 9.53 Å². The first-order valence-corrected chi connectivity index (χ1v) is 5.43. The molecule has 2 N–H and O–H groups in total. The minimum absolute atomic E-state index is 0.167. The van der Waals surface area contributed by atoms with Crippen molar-refractivity contribution in [2.45, 2.75) is 39.5 Å². The highest BCUT2D eigenvalue weighted by atomic mass is 16.5. The van der Waals surface area contributed by atoms with E-state index in [0.717, 1.165) is 12.3 Å².